The molecule has 3 heteroatoms. The Bertz CT molecular complexity index is 604. The van der Waals surface area contributed by atoms with Crippen molar-refractivity contribution in [1.29, 1.82) is 0 Å². The van der Waals surface area contributed by atoms with Crippen molar-refractivity contribution < 1.29 is 0 Å². The SMILES string of the molecule is CC1(C)CCCN1c1nc(CN)cc2ccccc12. The van der Waals surface area contributed by atoms with E-state index in [1.165, 1.54) is 23.6 Å². The quantitative estimate of drug-likeness (QED) is 0.896. The van der Waals surface area contributed by atoms with E-state index in [9.17, 15) is 0 Å². The highest BCUT2D eigenvalue weighted by Crippen LogP contribution is 2.36. The predicted molar refractivity (Wildman–Crippen MR) is 80.3 cm³/mol. The van der Waals surface area contributed by atoms with Gasteiger partial charge in [-0.05, 0) is 38.1 Å². The highest BCUT2D eigenvalue weighted by Gasteiger charge is 2.33. The van der Waals surface area contributed by atoms with Gasteiger partial charge in [0.25, 0.3) is 0 Å². The Morgan fingerprint density at radius 3 is 2.79 bits per heavy atom. The van der Waals surface area contributed by atoms with Gasteiger partial charge in [-0.25, -0.2) is 4.98 Å². The minimum Gasteiger partial charge on any atom is -0.351 e. The van der Waals surface area contributed by atoms with Crippen LogP contribution in [0.25, 0.3) is 10.8 Å². The lowest BCUT2D eigenvalue weighted by Gasteiger charge is -2.33. The molecule has 2 heterocycles. The molecule has 0 spiro atoms. The Hall–Kier alpha value is -1.61. The minimum atomic E-state index is 0.184. The third kappa shape index (κ3) is 2.08. The van der Waals surface area contributed by atoms with E-state index in [0.29, 0.717) is 6.54 Å². The van der Waals surface area contributed by atoms with Gasteiger partial charge in [0.2, 0.25) is 0 Å². The molecule has 0 radical (unpaired) electrons. The number of hydrogen-bond donors (Lipinski definition) is 1. The van der Waals surface area contributed by atoms with E-state index in [0.717, 1.165) is 18.1 Å². The molecule has 3 rings (SSSR count). The third-order valence-corrected chi connectivity index (χ3v) is 4.14. The van der Waals surface area contributed by atoms with Crippen LogP contribution in [-0.4, -0.2) is 17.1 Å². The van der Waals surface area contributed by atoms with Crippen molar-refractivity contribution in [2.45, 2.75) is 38.8 Å². The first kappa shape index (κ1) is 12.4. The van der Waals surface area contributed by atoms with Crippen molar-refractivity contribution in [1.82, 2.24) is 4.98 Å². The van der Waals surface area contributed by atoms with Gasteiger partial charge in [-0.2, -0.15) is 0 Å². The largest absolute Gasteiger partial charge is 0.351 e. The average molecular weight is 255 g/mol. The van der Waals surface area contributed by atoms with Gasteiger partial charge in [0.15, 0.2) is 0 Å². The van der Waals surface area contributed by atoms with Gasteiger partial charge in [-0.15, -0.1) is 0 Å². The highest BCUT2D eigenvalue weighted by atomic mass is 15.3. The van der Waals surface area contributed by atoms with Crippen LogP contribution < -0.4 is 10.6 Å². The van der Waals surface area contributed by atoms with Crippen LogP contribution in [0.1, 0.15) is 32.4 Å². The van der Waals surface area contributed by atoms with E-state index in [1.54, 1.807) is 0 Å². The van der Waals surface area contributed by atoms with Gasteiger partial charge in [-0.3, -0.25) is 0 Å². The molecule has 1 aromatic heterocycles. The summed E-state index contributed by atoms with van der Waals surface area (Å²) in [5.41, 5.74) is 6.95. The molecule has 1 fully saturated rings. The maximum absolute atomic E-state index is 5.80. The van der Waals surface area contributed by atoms with Crippen LogP contribution in [0.3, 0.4) is 0 Å². The number of anilines is 1. The fraction of sp³-hybridized carbons (Fsp3) is 0.438. The normalized spacial score (nSPS) is 18.2. The van der Waals surface area contributed by atoms with E-state index in [-0.39, 0.29) is 5.54 Å². The summed E-state index contributed by atoms with van der Waals surface area (Å²) in [6.45, 7) is 6.17. The summed E-state index contributed by atoms with van der Waals surface area (Å²) >= 11 is 0. The Balaban J connectivity index is 2.21. The Kier molecular flexibility index (Phi) is 2.94. The van der Waals surface area contributed by atoms with Crippen molar-refractivity contribution in [2.24, 2.45) is 5.73 Å². The van der Waals surface area contributed by atoms with E-state index in [1.807, 2.05) is 0 Å². The van der Waals surface area contributed by atoms with Crippen molar-refractivity contribution in [3.05, 3.63) is 36.0 Å². The molecule has 0 amide bonds. The second-order valence-corrected chi connectivity index (χ2v) is 5.93. The number of aromatic nitrogens is 1. The standard InChI is InChI=1S/C16H21N3/c1-16(2)8-5-9-19(16)15-14-7-4-3-6-12(14)10-13(11-17)18-15/h3-4,6-7,10H,5,8-9,11,17H2,1-2H3. The lowest BCUT2D eigenvalue weighted by molar-refractivity contribution is 0.515. The molecule has 1 aromatic carbocycles. The van der Waals surface area contributed by atoms with Crippen LogP contribution in [-0.2, 0) is 6.54 Å². The minimum absolute atomic E-state index is 0.184. The fourth-order valence-electron chi connectivity index (χ4n) is 3.04. The fourth-order valence-corrected chi connectivity index (χ4v) is 3.04. The first-order chi connectivity index (χ1) is 9.12. The van der Waals surface area contributed by atoms with E-state index < -0.39 is 0 Å². The van der Waals surface area contributed by atoms with Crippen LogP contribution in [0.2, 0.25) is 0 Å². The second-order valence-electron chi connectivity index (χ2n) is 5.93. The first-order valence-corrected chi connectivity index (χ1v) is 6.98. The Labute approximate surface area is 114 Å². The maximum Gasteiger partial charge on any atom is 0.137 e. The zero-order valence-corrected chi connectivity index (χ0v) is 11.7. The molecule has 0 saturated carbocycles. The van der Waals surface area contributed by atoms with Gasteiger partial charge in [0.1, 0.15) is 5.82 Å². The van der Waals surface area contributed by atoms with Crippen molar-refractivity contribution in [3.63, 3.8) is 0 Å². The maximum atomic E-state index is 5.80. The lowest BCUT2D eigenvalue weighted by atomic mass is 10.0. The topological polar surface area (TPSA) is 42.2 Å². The number of nitrogens with two attached hydrogens (primary N) is 1. The van der Waals surface area contributed by atoms with Gasteiger partial charge in [0, 0.05) is 24.0 Å². The summed E-state index contributed by atoms with van der Waals surface area (Å²) < 4.78 is 0. The van der Waals surface area contributed by atoms with Crippen molar-refractivity contribution >= 4 is 16.6 Å². The first-order valence-electron chi connectivity index (χ1n) is 6.98. The van der Waals surface area contributed by atoms with Crippen molar-refractivity contribution in [2.75, 3.05) is 11.4 Å². The number of rotatable bonds is 2. The predicted octanol–water partition coefficient (Wildman–Crippen LogP) is 3.07. The van der Waals surface area contributed by atoms with Gasteiger partial charge in [-0.1, -0.05) is 24.3 Å². The van der Waals surface area contributed by atoms with Crippen LogP contribution >= 0.6 is 0 Å². The zero-order chi connectivity index (χ0) is 13.5. The lowest BCUT2D eigenvalue weighted by Crippen LogP contribution is -2.39. The number of hydrogen-bond acceptors (Lipinski definition) is 3. The zero-order valence-electron chi connectivity index (χ0n) is 11.7. The molecule has 0 unspecified atom stereocenters. The van der Waals surface area contributed by atoms with Crippen LogP contribution in [0, 0.1) is 0 Å². The summed E-state index contributed by atoms with van der Waals surface area (Å²) in [5, 5.41) is 2.46. The summed E-state index contributed by atoms with van der Waals surface area (Å²) in [7, 11) is 0. The molecular formula is C16H21N3. The summed E-state index contributed by atoms with van der Waals surface area (Å²) in [5.74, 6) is 1.10. The molecule has 2 aromatic rings. The average Bonchev–Trinajstić information content (AvgIpc) is 2.77. The monoisotopic (exact) mass is 255 g/mol. The number of nitrogens with zero attached hydrogens (tertiary/aromatic N) is 2. The smallest absolute Gasteiger partial charge is 0.137 e. The third-order valence-electron chi connectivity index (χ3n) is 4.14. The van der Waals surface area contributed by atoms with Crippen LogP contribution in [0.15, 0.2) is 30.3 Å². The van der Waals surface area contributed by atoms with Gasteiger partial charge >= 0.3 is 0 Å². The number of fused-ring (bicyclic) bond motifs is 1. The Morgan fingerprint density at radius 1 is 1.32 bits per heavy atom. The summed E-state index contributed by atoms with van der Waals surface area (Å²) in [6.07, 6.45) is 2.45. The Morgan fingerprint density at radius 2 is 2.11 bits per heavy atom. The van der Waals surface area contributed by atoms with Gasteiger partial charge in [0.05, 0.1) is 5.69 Å². The molecule has 100 valence electrons. The second kappa shape index (κ2) is 4.49. The van der Waals surface area contributed by atoms with E-state index in [2.05, 4.69) is 49.1 Å². The highest BCUT2D eigenvalue weighted by molar-refractivity contribution is 5.93. The number of pyridine rings is 1. The number of benzene rings is 1. The van der Waals surface area contributed by atoms with Gasteiger partial charge < -0.3 is 10.6 Å². The van der Waals surface area contributed by atoms with E-state index in [4.69, 9.17) is 10.7 Å². The molecule has 1 saturated heterocycles. The molecule has 2 N–H and O–H groups in total. The van der Waals surface area contributed by atoms with Crippen LogP contribution in [0.5, 0.6) is 0 Å². The molecule has 1 aliphatic rings. The molecule has 3 nitrogen and oxygen atoms in total. The van der Waals surface area contributed by atoms with Crippen molar-refractivity contribution in [3.8, 4) is 0 Å². The molecule has 19 heavy (non-hydrogen) atoms. The molecule has 0 atom stereocenters. The molecule has 1 aliphatic heterocycles. The summed E-state index contributed by atoms with van der Waals surface area (Å²) in [4.78, 5) is 7.24. The molecular weight excluding hydrogens is 234 g/mol. The van der Waals surface area contributed by atoms with E-state index >= 15 is 0 Å². The summed E-state index contributed by atoms with van der Waals surface area (Å²) in [6, 6.07) is 10.6. The molecule has 0 aliphatic carbocycles. The molecule has 0 bridgehead atoms. The van der Waals surface area contributed by atoms with Crippen LogP contribution in [0.4, 0.5) is 5.82 Å².